The maximum atomic E-state index is 13.1. The first kappa shape index (κ1) is 20.0. The van der Waals surface area contributed by atoms with Crippen molar-refractivity contribution in [2.45, 2.75) is 25.4 Å². The lowest BCUT2D eigenvalue weighted by Crippen LogP contribution is -2.58. The number of carbonyl (C=O) groups is 2. The minimum Gasteiger partial charge on any atom is -0.460 e. The molecule has 9 heteroatoms. The molecule has 0 saturated carbocycles. The molecule has 2 aliphatic rings. The summed E-state index contributed by atoms with van der Waals surface area (Å²) in [6.07, 6.45) is 1.43. The Morgan fingerprint density at radius 1 is 1.13 bits per heavy atom. The van der Waals surface area contributed by atoms with Gasteiger partial charge in [-0.3, -0.25) is 14.7 Å². The van der Waals surface area contributed by atoms with E-state index in [0.29, 0.717) is 62.8 Å². The number of carbonyl (C=O) groups excluding carboxylic acids is 2. The van der Waals surface area contributed by atoms with Crippen molar-refractivity contribution in [1.29, 1.82) is 0 Å². The van der Waals surface area contributed by atoms with E-state index < -0.39 is 5.60 Å². The largest absolute Gasteiger partial charge is 0.460 e. The molecular weight excluding hydrogens is 416 g/mol. The molecule has 8 nitrogen and oxygen atoms in total. The van der Waals surface area contributed by atoms with Crippen molar-refractivity contribution >= 4 is 23.2 Å². The van der Waals surface area contributed by atoms with Gasteiger partial charge in [0.25, 0.3) is 11.8 Å². The molecule has 31 heavy (non-hydrogen) atoms. The number of aromatic nitrogens is 2. The van der Waals surface area contributed by atoms with Crippen molar-refractivity contribution in [1.82, 2.24) is 20.0 Å². The average molecular weight is 441 g/mol. The van der Waals surface area contributed by atoms with Gasteiger partial charge >= 0.3 is 0 Å². The van der Waals surface area contributed by atoms with Gasteiger partial charge in [-0.25, -0.2) is 0 Å². The number of piperidine rings is 1. The number of aryl methyl sites for hydroxylation is 1. The van der Waals surface area contributed by atoms with Crippen LogP contribution < -0.4 is 0 Å². The molecule has 3 aromatic heterocycles. The molecule has 1 N–H and O–H groups in total. The van der Waals surface area contributed by atoms with Crippen LogP contribution in [0.15, 0.2) is 40.1 Å². The van der Waals surface area contributed by atoms with Gasteiger partial charge in [-0.1, -0.05) is 6.07 Å². The van der Waals surface area contributed by atoms with Crippen molar-refractivity contribution in [2.24, 2.45) is 0 Å². The number of nitrogens with zero attached hydrogens (tertiary/aromatic N) is 3. The number of rotatable bonds is 3. The summed E-state index contributed by atoms with van der Waals surface area (Å²) in [5.41, 5.74) is 0.642. The lowest BCUT2D eigenvalue weighted by molar-refractivity contribution is -0.123. The summed E-state index contributed by atoms with van der Waals surface area (Å²) >= 11 is 1.46. The highest BCUT2D eigenvalue weighted by Crippen LogP contribution is 2.32. The van der Waals surface area contributed by atoms with E-state index in [1.54, 1.807) is 6.07 Å². The van der Waals surface area contributed by atoms with Crippen LogP contribution in [0.5, 0.6) is 0 Å². The van der Waals surface area contributed by atoms with Crippen LogP contribution in [0.2, 0.25) is 0 Å². The van der Waals surface area contributed by atoms with Crippen molar-refractivity contribution in [3.8, 4) is 11.5 Å². The third kappa shape index (κ3) is 3.90. The van der Waals surface area contributed by atoms with Gasteiger partial charge in [0.15, 0.2) is 11.5 Å². The Balaban J connectivity index is 1.24. The normalized spacial score (nSPS) is 18.5. The number of hydrogen-bond acceptors (Lipinski definition) is 6. The van der Waals surface area contributed by atoms with Crippen molar-refractivity contribution in [3.05, 3.63) is 52.0 Å². The topological polar surface area (TPSA) is 91.7 Å². The molecular formula is C22H24N4O4S. The van der Waals surface area contributed by atoms with E-state index in [-0.39, 0.29) is 11.8 Å². The fraction of sp³-hybridized carbons (Fsp3) is 0.409. The van der Waals surface area contributed by atoms with Gasteiger partial charge in [0.1, 0.15) is 11.5 Å². The number of nitrogens with one attached hydrogen (secondary N) is 1. The van der Waals surface area contributed by atoms with Gasteiger partial charge in [-0.2, -0.15) is 5.10 Å². The van der Waals surface area contributed by atoms with Gasteiger partial charge in [0.2, 0.25) is 0 Å². The Kier molecular flexibility index (Phi) is 5.15. The van der Waals surface area contributed by atoms with Crippen molar-refractivity contribution < 1.29 is 18.7 Å². The summed E-state index contributed by atoms with van der Waals surface area (Å²) in [5.74, 6) is 1.41. The summed E-state index contributed by atoms with van der Waals surface area (Å²) in [5, 5.41) is 9.01. The maximum absolute atomic E-state index is 13.1. The summed E-state index contributed by atoms with van der Waals surface area (Å²) in [6.45, 7) is 4.65. The number of morpholine rings is 1. The summed E-state index contributed by atoms with van der Waals surface area (Å²) in [4.78, 5) is 30.2. The number of amides is 2. The summed E-state index contributed by atoms with van der Waals surface area (Å²) < 4.78 is 11.8. The van der Waals surface area contributed by atoms with Crippen LogP contribution in [0, 0.1) is 6.92 Å². The van der Waals surface area contributed by atoms with Gasteiger partial charge in [-0.15, -0.1) is 11.3 Å². The lowest BCUT2D eigenvalue weighted by Gasteiger charge is -2.47. The zero-order chi connectivity index (χ0) is 21.4. The lowest BCUT2D eigenvalue weighted by atomic mass is 9.89. The summed E-state index contributed by atoms with van der Waals surface area (Å²) in [7, 11) is 0. The van der Waals surface area contributed by atoms with E-state index in [4.69, 9.17) is 9.15 Å². The van der Waals surface area contributed by atoms with Crippen LogP contribution in [-0.4, -0.2) is 70.2 Å². The van der Waals surface area contributed by atoms with E-state index in [1.807, 2.05) is 46.4 Å². The highest BCUT2D eigenvalue weighted by molar-refractivity contribution is 7.12. The molecule has 2 fully saturated rings. The minimum absolute atomic E-state index is 0.0748. The minimum atomic E-state index is -0.405. The Hall–Kier alpha value is -2.91. The van der Waals surface area contributed by atoms with Gasteiger partial charge < -0.3 is 19.0 Å². The molecule has 2 saturated heterocycles. The number of hydrogen-bond donors (Lipinski definition) is 1. The van der Waals surface area contributed by atoms with Crippen LogP contribution >= 0.6 is 11.3 Å². The molecule has 162 valence electrons. The third-order valence-electron chi connectivity index (χ3n) is 6.03. The molecule has 5 rings (SSSR count). The van der Waals surface area contributed by atoms with Crippen LogP contribution in [0.4, 0.5) is 0 Å². The number of thiophene rings is 1. The second-order valence-electron chi connectivity index (χ2n) is 8.10. The molecule has 2 aliphatic heterocycles. The zero-order valence-corrected chi connectivity index (χ0v) is 18.1. The molecule has 0 unspecified atom stereocenters. The highest BCUT2D eigenvalue weighted by Gasteiger charge is 2.42. The first-order chi connectivity index (χ1) is 15.0. The van der Waals surface area contributed by atoms with Crippen molar-refractivity contribution in [2.75, 3.05) is 32.8 Å². The van der Waals surface area contributed by atoms with Gasteiger partial charge in [0, 0.05) is 25.7 Å². The quantitative estimate of drug-likeness (QED) is 0.675. The number of furan rings is 1. The zero-order valence-electron chi connectivity index (χ0n) is 17.3. The third-order valence-corrected chi connectivity index (χ3v) is 6.89. The molecule has 1 spiro atoms. The number of likely N-dealkylation sites (tertiary alicyclic amines) is 1. The highest BCUT2D eigenvalue weighted by atomic mass is 32.1. The van der Waals surface area contributed by atoms with Crippen molar-refractivity contribution in [3.63, 3.8) is 0 Å². The maximum Gasteiger partial charge on any atom is 0.274 e. The fourth-order valence-corrected chi connectivity index (χ4v) is 4.98. The molecule has 2 amide bonds. The molecule has 0 atom stereocenters. The van der Waals surface area contributed by atoms with E-state index >= 15 is 0 Å². The average Bonchev–Trinajstić information content (AvgIpc) is 3.55. The summed E-state index contributed by atoms with van der Waals surface area (Å²) in [6, 6.07) is 9.21. The van der Waals surface area contributed by atoms with E-state index in [2.05, 4.69) is 10.2 Å². The van der Waals surface area contributed by atoms with E-state index in [0.717, 1.165) is 10.6 Å². The first-order valence-electron chi connectivity index (χ1n) is 10.4. The Morgan fingerprint density at radius 2 is 1.97 bits per heavy atom. The smallest absolute Gasteiger partial charge is 0.274 e. The van der Waals surface area contributed by atoms with E-state index in [1.165, 1.54) is 11.3 Å². The molecule has 3 aromatic rings. The van der Waals surface area contributed by atoms with Gasteiger partial charge in [-0.05, 0) is 43.3 Å². The van der Waals surface area contributed by atoms with Crippen LogP contribution in [0.25, 0.3) is 11.5 Å². The Morgan fingerprint density at radius 3 is 2.68 bits per heavy atom. The monoisotopic (exact) mass is 440 g/mol. The van der Waals surface area contributed by atoms with Crippen LogP contribution in [0.3, 0.4) is 0 Å². The van der Waals surface area contributed by atoms with Crippen LogP contribution in [-0.2, 0) is 4.74 Å². The SMILES string of the molecule is Cc1ccc(-c2cc(C(=O)N3CCOC4(CCN(C(=O)c5cccs5)CC4)C3)n[nH]2)o1. The molecule has 0 aliphatic carbocycles. The molecule has 0 radical (unpaired) electrons. The molecule has 5 heterocycles. The Bertz CT molecular complexity index is 1080. The van der Waals surface area contributed by atoms with E-state index in [9.17, 15) is 9.59 Å². The fourth-order valence-electron chi connectivity index (χ4n) is 4.29. The second-order valence-corrected chi connectivity index (χ2v) is 9.05. The first-order valence-corrected chi connectivity index (χ1v) is 11.3. The van der Waals surface area contributed by atoms with Crippen LogP contribution in [0.1, 0.15) is 38.8 Å². The van der Waals surface area contributed by atoms with Gasteiger partial charge in [0.05, 0.1) is 23.6 Å². The standard InChI is InChI=1S/C22H24N4O4S/c1-15-4-5-18(30-15)16-13-17(24-23-16)20(27)26-10-11-29-22(14-26)6-8-25(9-7-22)21(28)19-3-2-12-31-19/h2-5,12-13H,6-11,14H2,1H3,(H,23,24). The Labute approximate surface area is 183 Å². The second kappa shape index (κ2) is 7.97. The predicted octanol–water partition coefficient (Wildman–Crippen LogP) is 3.19. The predicted molar refractivity (Wildman–Crippen MR) is 115 cm³/mol. The number of H-pyrrole nitrogens is 1. The number of aromatic amines is 1. The molecule has 0 aromatic carbocycles. The number of ether oxygens (including phenoxy) is 1. The molecule has 0 bridgehead atoms.